The van der Waals surface area contributed by atoms with Gasteiger partial charge in [0.1, 0.15) is 5.82 Å². The highest BCUT2D eigenvalue weighted by Gasteiger charge is 2.15. The van der Waals surface area contributed by atoms with Crippen molar-refractivity contribution in [2.45, 2.75) is 32.4 Å². The van der Waals surface area contributed by atoms with Gasteiger partial charge in [-0.25, -0.2) is 4.39 Å². The van der Waals surface area contributed by atoms with Crippen LogP contribution in [0.3, 0.4) is 0 Å². The third kappa shape index (κ3) is 3.08. The van der Waals surface area contributed by atoms with Crippen LogP contribution >= 0.6 is 0 Å². The topological polar surface area (TPSA) is 29.3 Å². The van der Waals surface area contributed by atoms with Crippen molar-refractivity contribution in [3.05, 3.63) is 65.0 Å². The van der Waals surface area contributed by atoms with E-state index in [4.69, 9.17) is 5.73 Å². The zero-order valence-corrected chi connectivity index (χ0v) is 12.2. The van der Waals surface area contributed by atoms with Gasteiger partial charge >= 0.3 is 0 Å². The Labute approximate surface area is 125 Å². The molecular weight excluding hydrogens is 263 g/mol. The summed E-state index contributed by atoms with van der Waals surface area (Å²) in [6.45, 7) is 2.10. The van der Waals surface area contributed by atoms with Gasteiger partial charge in [-0.15, -0.1) is 0 Å². The molecule has 0 radical (unpaired) electrons. The molecule has 0 saturated heterocycles. The molecule has 0 bridgehead atoms. The number of nitrogens with two attached hydrogens (primary N) is 1. The van der Waals surface area contributed by atoms with Gasteiger partial charge in [0.2, 0.25) is 0 Å². The fraction of sp³-hybridized carbons (Fsp3) is 0.333. The zero-order chi connectivity index (χ0) is 14.7. The lowest BCUT2D eigenvalue weighted by atomic mass is 10.1. The molecule has 110 valence electrons. The number of fused-ring (bicyclic) bond motifs is 1. The number of aryl methyl sites for hydroxylation is 1. The molecule has 0 unspecified atom stereocenters. The Morgan fingerprint density at radius 3 is 2.81 bits per heavy atom. The molecule has 0 atom stereocenters. The number of hydrogen-bond acceptors (Lipinski definition) is 2. The van der Waals surface area contributed by atoms with Crippen LogP contribution in [0.1, 0.15) is 29.5 Å². The van der Waals surface area contributed by atoms with Crippen molar-refractivity contribution in [1.29, 1.82) is 0 Å². The molecule has 2 aromatic carbocycles. The summed E-state index contributed by atoms with van der Waals surface area (Å²) in [6.07, 6.45) is 3.56. The first-order valence-corrected chi connectivity index (χ1v) is 7.58. The van der Waals surface area contributed by atoms with E-state index in [0.29, 0.717) is 5.56 Å². The van der Waals surface area contributed by atoms with Crippen molar-refractivity contribution in [1.82, 2.24) is 0 Å². The molecule has 2 aromatic rings. The third-order valence-corrected chi connectivity index (χ3v) is 4.16. The number of anilines is 1. The van der Waals surface area contributed by atoms with Gasteiger partial charge in [-0.3, -0.25) is 0 Å². The first kappa shape index (κ1) is 14.1. The maximum atomic E-state index is 13.6. The molecule has 2 N–H and O–H groups in total. The summed E-state index contributed by atoms with van der Waals surface area (Å²) in [7, 11) is 0. The van der Waals surface area contributed by atoms with Crippen molar-refractivity contribution in [2.24, 2.45) is 5.73 Å². The lowest BCUT2D eigenvalue weighted by Crippen LogP contribution is -2.23. The van der Waals surface area contributed by atoms with Crippen LogP contribution in [0.15, 0.2) is 42.5 Å². The number of halogens is 1. The van der Waals surface area contributed by atoms with E-state index >= 15 is 0 Å². The van der Waals surface area contributed by atoms with E-state index in [0.717, 1.165) is 25.1 Å². The monoisotopic (exact) mass is 284 g/mol. The molecule has 0 fully saturated rings. The quantitative estimate of drug-likeness (QED) is 0.932. The van der Waals surface area contributed by atoms with Crippen molar-refractivity contribution in [2.75, 3.05) is 11.4 Å². The molecule has 2 nitrogen and oxygen atoms in total. The Hall–Kier alpha value is -1.87. The second-order valence-electron chi connectivity index (χ2n) is 5.64. The van der Waals surface area contributed by atoms with E-state index in [2.05, 4.69) is 29.2 Å². The van der Waals surface area contributed by atoms with Gasteiger partial charge < -0.3 is 10.6 Å². The molecule has 1 aliphatic heterocycles. The molecule has 0 spiro atoms. The minimum atomic E-state index is -0.211. The standard InChI is InChI=1S/C18H21FN2/c19-17-9-8-14(11-16(17)12-20)13-21-10-4-3-6-15-5-1-2-7-18(15)21/h1-2,5,7-9,11H,3-4,6,10,12-13,20H2. The molecule has 21 heavy (non-hydrogen) atoms. The normalized spacial score (nSPS) is 14.7. The molecule has 1 aliphatic rings. The summed E-state index contributed by atoms with van der Waals surface area (Å²) >= 11 is 0. The zero-order valence-electron chi connectivity index (χ0n) is 12.2. The Bertz CT molecular complexity index is 624. The van der Waals surface area contributed by atoms with Crippen LogP contribution in [0.25, 0.3) is 0 Å². The van der Waals surface area contributed by atoms with E-state index < -0.39 is 0 Å². The van der Waals surface area contributed by atoms with E-state index in [1.54, 1.807) is 0 Å². The fourth-order valence-electron chi connectivity index (χ4n) is 3.04. The molecule has 3 heteroatoms. The number of nitrogens with zero attached hydrogens (tertiary/aromatic N) is 1. The lowest BCUT2D eigenvalue weighted by Gasteiger charge is -2.25. The summed E-state index contributed by atoms with van der Waals surface area (Å²) < 4.78 is 13.6. The summed E-state index contributed by atoms with van der Waals surface area (Å²) in [4.78, 5) is 2.40. The fourth-order valence-corrected chi connectivity index (χ4v) is 3.04. The number of hydrogen-bond donors (Lipinski definition) is 1. The summed E-state index contributed by atoms with van der Waals surface area (Å²) in [5.74, 6) is -0.211. The van der Waals surface area contributed by atoms with Crippen LogP contribution in [-0.4, -0.2) is 6.54 Å². The average molecular weight is 284 g/mol. The van der Waals surface area contributed by atoms with Crippen LogP contribution in [-0.2, 0) is 19.5 Å². The summed E-state index contributed by atoms with van der Waals surface area (Å²) in [5.41, 5.74) is 10.0. The van der Waals surface area contributed by atoms with Gasteiger partial charge in [-0.2, -0.15) is 0 Å². The van der Waals surface area contributed by atoms with Gasteiger partial charge in [0.25, 0.3) is 0 Å². The maximum absolute atomic E-state index is 13.6. The Morgan fingerprint density at radius 2 is 1.95 bits per heavy atom. The second kappa shape index (κ2) is 6.27. The number of para-hydroxylation sites is 1. The highest BCUT2D eigenvalue weighted by Crippen LogP contribution is 2.27. The number of benzene rings is 2. The van der Waals surface area contributed by atoms with E-state index in [1.165, 1.54) is 30.2 Å². The summed E-state index contributed by atoms with van der Waals surface area (Å²) in [5, 5.41) is 0. The van der Waals surface area contributed by atoms with E-state index in [1.807, 2.05) is 12.1 Å². The van der Waals surface area contributed by atoms with Crippen LogP contribution in [0.5, 0.6) is 0 Å². The molecule has 0 aromatic heterocycles. The van der Waals surface area contributed by atoms with Crippen molar-refractivity contribution >= 4 is 5.69 Å². The highest BCUT2D eigenvalue weighted by atomic mass is 19.1. The lowest BCUT2D eigenvalue weighted by molar-refractivity contribution is 0.609. The maximum Gasteiger partial charge on any atom is 0.127 e. The van der Waals surface area contributed by atoms with E-state index in [-0.39, 0.29) is 12.4 Å². The molecule has 0 amide bonds. The third-order valence-electron chi connectivity index (χ3n) is 4.16. The summed E-state index contributed by atoms with van der Waals surface area (Å²) in [6, 6.07) is 13.9. The van der Waals surface area contributed by atoms with Gasteiger partial charge in [0.05, 0.1) is 0 Å². The Kier molecular flexibility index (Phi) is 4.20. The average Bonchev–Trinajstić information content (AvgIpc) is 2.72. The van der Waals surface area contributed by atoms with Gasteiger partial charge in [-0.05, 0) is 48.6 Å². The van der Waals surface area contributed by atoms with Crippen LogP contribution < -0.4 is 10.6 Å². The molecule has 0 saturated carbocycles. The van der Waals surface area contributed by atoms with Crippen LogP contribution in [0, 0.1) is 5.82 Å². The molecule has 0 aliphatic carbocycles. The molecule has 1 heterocycles. The highest BCUT2D eigenvalue weighted by molar-refractivity contribution is 5.54. The SMILES string of the molecule is NCc1cc(CN2CCCCc3ccccc32)ccc1F. The number of rotatable bonds is 3. The predicted molar refractivity (Wildman–Crippen MR) is 84.7 cm³/mol. The van der Waals surface area contributed by atoms with Crippen molar-refractivity contribution < 1.29 is 4.39 Å². The van der Waals surface area contributed by atoms with Gasteiger partial charge in [-0.1, -0.05) is 24.3 Å². The van der Waals surface area contributed by atoms with E-state index in [9.17, 15) is 4.39 Å². The second-order valence-corrected chi connectivity index (χ2v) is 5.64. The van der Waals surface area contributed by atoms with Crippen LogP contribution in [0.2, 0.25) is 0 Å². The first-order valence-electron chi connectivity index (χ1n) is 7.58. The van der Waals surface area contributed by atoms with Gasteiger partial charge in [0, 0.05) is 30.9 Å². The van der Waals surface area contributed by atoms with Crippen molar-refractivity contribution in [3.8, 4) is 0 Å². The van der Waals surface area contributed by atoms with Crippen molar-refractivity contribution in [3.63, 3.8) is 0 Å². The smallest absolute Gasteiger partial charge is 0.127 e. The first-order chi connectivity index (χ1) is 10.3. The van der Waals surface area contributed by atoms with Gasteiger partial charge in [0.15, 0.2) is 0 Å². The minimum absolute atomic E-state index is 0.211. The molecule has 3 rings (SSSR count). The Morgan fingerprint density at radius 1 is 1.10 bits per heavy atom. The molecular formula is C18H21FN2. The largest absolute Gasteiger partial charge is 0.367 e. The Balaban J connectivity index is 1.87. The minimum Gasteiger partial charge on any atom is -0.367 e. The predicted octanol–water partition coefficient (Wildman–Crippen LogP) is 3.63. The van der Waals surface area contributed by atoms with Crippen LogP contribution in [0.4, 0.5) is 10.1 Å².